The van der Waals surface area contributed by atoms with Gasteiger partial charge in [0.2, 0.25) is 0 Å². The largest absolute Gasteiger partial charge is 0.457 e. The Bertz CT molecular complexity index is 613. The quantitative estimate of drug-likeness (QED) is 0.829. The maximum Gasteiger partial charge on any atom is 0.132 e. The van der Waals surface area contributed by atoms with E-state index in [-0.39, 0.29) is 6.04 Å². The Kier molecular flexibility index (Phi) is 5.08. The topological polar surface area (TPSA) is 35.2 Å². The van der Waals surface area contributed by atoms with Crippen molar-refractivity contribution in [2.24, 2.45) is 5.73 Å². The van der Waals surface area contributed by atoms with Crippen molar-refractivity contribution >= 4 is 27.5 Å². The van der Waals surface area contributed by atoms with Crippen LogP contribution in [-0.2, 0) is 6.42 Å². The van der Waals surface area contributed by atoms with Crippen LogP contribution in [-0.4, -0.2) is 6.04 Å². The molecule has 2 aromatic carbocycles. The fourth-order valence-corrected chi connectivity index (χ4v) is 2.36. The summed E-state index contributed by atoms with van der Waals surface area (Å²) in [6.07, 6.45) is 0.752. The summed E-state index contributed by atoms with van der Waals surface area (Å²) < 4.78 is 7.03. The van der Waals surface area contributed by atoms with E-state index in [1.807, 2.05) is 50.2 Å². The van der Waals surface area contributed by atoms with Crippen molar-refractivity contribution in [1.29, 1.82) is 0 Å². The molecule has 1 unspecified atom stereocenters. The predicted octanol–water partition coefficient (Wildman–Crippen LogP) is 5.09. The summed E-state index contributed by atoms with van der Waals surface area (Å²) in [5.74, 6) is 1.55. The molecule has 20 heavy (non-hydrogen) atoms. The third-order valence-corrected chi connectivity index (χ3v) is 4.05. The Hall–Kier alpha value is -1.03. The van der Waals surface area contributed by atoms with E-state index in [0.29, 0.717) is 5.02 Å². The van der Waals surface area contributed by atoms with E-state index in [1.165, 1.54) is 0 Å². The van der Waals surface area contributed by atoms with Gasteiger partial charge in [-0.3, -0.25) is 0 Å². The molecule has 0 heterocycles. The maximum atomic E-state index is 6.06. The van der Waals surface area contributed by atoms with Crippen LogP contribution in [0.5, 0.6) is 11.5 Å². The molecule has 0 spiro atoms. The molecule has 0 aromatic heterocycles. The molecule has 0 saturated carbocycles. The Morgan fingerprint density at radius 3 is 2.65 bits per heavy atom. The van der Waals surface area contributed by atoms with Crippen molar-refractivity contribution in [3.63, 3.8) is 0 Å². The lowest BCUT2D eigenvalue weighted by molar-refractivity contribution is 0.473. The van der Waals surface area contributed by atoms with Crippen LogP contribution in [0.15, 0.2) is 40.9 Å². The standard InChI is InChI=1S/C16H17BrClNO/c1-10-7-14(5-6-15(10)17)20-16-9-13(18)4-3-12(16)8-11(2)19/h3-7,9,11H,8,19H2,1-2H3. The van der Waals surface area contributed by atoms with Crippen LogP contribution in [0, 0.1) is 6.92 Å². The number of aryl methyl sites for hydroxylation is 1. The molecule has 2 rings (SSSR count). The maximum absolute atomic E-state index is 6.06. The summed E-state index contributed by atoms with van der Waals surface area (Å²) in [6, 6.07) is 11.6. The summed E-state index contributed by atoms with van der Waals surface area (Å²) in [4.78, 5) is 0. The molecule has 0 fully saturated rings. The summed E-state index contributed by atoms with van der Waals surface area (Å²) in [5.41, 5.74) is 8.06. The normalized spacial score (nSPS) is 12.2. The van der Waals surface area contributed by atoms with E-state index in [2.05, 4.69) is 15.9 Å². The van der Waals surface area contributed by atoms with Gasteiger partial charge in [0.1, 0.15) is 11.5 Å². The predicted molar refractivity (Wildman–Crippen MR) is 87.8 cm³/mol. The molecule has 1 atom stereocenters. The molecule has 106 valence electrons. The van der Waals surface area contributed by atoms with E-state index in [1.54, 1.807) is 0 Å². The van der Waals surface area contributed by atoms with Gasteiger partial charge in [-0.05, 0) is 61.7 Å². The first kappa shape index (κ1) is 15.4. The van der Waals surface area contributed by atoms with Gasteiger partial charge in [-0.2, -0.15) is 0 Å². The number of ether oxygens (including phenoxy) is 1. The highest BCUT2D eigenvalue weighted by molar-refractivity contribution is 9.10. The molecule has 0 aliphatic rings. The minimum atomic E-state index is 0.0742. The second-order valence-electron chi connectivity index (χ2n) is 4.95. The molecule has 0 aliphatic heterocycles. The van der Waals surface area contributed by atoms with Gasteiger partial charge in [0, 0.05) is 15.5 Å². The van der Waals surface area contributed by atoms with Crippen molar-refractivity contribution < 1.29 is 4.74 Å². The third-order valence-electron chi connectivity index (χ3n) is 2.93. The fraction of sp³-hybridized carbons (Fsp3) is 0.250. The lowest BCUT2D eigenvalue weighted by atomic mass is 10.1. The van der Waals surface area contributed by atoms with Crippen LogP contribution in [0.25, 0.3) is 0 Å². The molecule has 0 amide bonds. The Balaban J connectivity index is 2.31. The Labute approximate surface area is 133 Å². The molecule has 0 bridgehead atoms. The van der Waals surface area contributed by atoms with Gasteiger partial charge in [0.15, 0.2) is 0 Å². The zero-order chi connectivity index (χ0) is 14.7. The van der Waals surface area contributed by atoms with Crippen LogP contribution in [0.2, 0.25) is 5.02 Å². The van der Waals surface area contributed by atoms with E-state index in [0.717, 1.165) is 33.5 Å². The summed E-state index contributed by atoms with van der Waals surface area (Å²) in [7, 11) is 0. The molecule has 0 radical (unpaired) electrons. The van der Waals surface area contributed by atoms with E-state index >= 15 is 0 Å². The number of hydrogen-bond acceptors (Lipinski definition) is 2. The van der Waals surface area contributed by atoms with Gasteiger partial charge in [-0.25, -0.2) is 0 Å². The summed E-state index contributed by atoms with van der Waals surface area (Å²) >= 11 is 9.54. The van der Waals surface area contributed by atoms with Crippen molar-refractivity contribution in [2.75, 3.05) is 0 Å². The van der Waals surface area contributed by atoms with Gasteiger partial charge < -0.3 is 10.5 Å². The van der Waals surface area contributed by atoms with Crippen LogP contribution < -0.4 is 10.5 Å². The second kappa shape index (κ2) is 6.61. The molecule has 2 nitrogen and oxygen atoms in total. The van der Waals surface area contributed by atoms with Crippen LogP contribution >= 0.6 is 27.5 Å². The fourth-order valence-electron chi connectivity index (χ4n) is 1.95. The van der Waals surface area contributed by atoms with Gasteiger partial charge in [0.05, 0.1) is 0 Å². The number of hydrogen-bond donors (Lipinski definition) is 1. The highest BCUT2D eigenvalue weighted by atomic mass is 79.9. The molecule has 4 heteroatoms. The first-order valence-corrected chi connectivity index (χ1v) is 7.61. The number of rotatable bonds is 4. The van der Waals surface area contributed by atoms with Crippen molar-refractivity contribution in [1.82, 2.24) is 0 Å². The monoisotopic (exact) mass is 353 g/mol. The molecule has 2 aromatic rings. The average Bonchev–Trinajstić information content (AvgIpc) is 2.37. The zero-order valence-corrected chi connectivity index (χ0v) is 13.8. The smallest absolute Gasteiger partial charge is 0.132 e. The highest BCUT2D eigenvalue weighted by Crippen LogP contribution is 2.31. The first-order chi connectivity index (χ1) is 9.45. The lowest BCUT2D eigenvalue weighted by Crippen LogP contribution is -2.18. The molecular weight excluding hydrogens is 338 g/mol. The van der Waals surface area contributed by atoms with Crippen LogP contribution in [0.4, 0.5) is 0 Å². The van der Waals surface area contributed by atoms with Crippen molar-refractivity contribution in [3.05, 3.63) is 57.0 Å². The minimum absolute atomic E-state index is 0.0742. The minimum Gasteiger partial charge on any atom is -0.457 e. The molecule has 0 saturated heterocycles. The number of nitrogens with two attached hydrogens (primary N) is 1. The first-order valence-electron chi connectivity index (χ1n) is 6.43. The Morgan fingerprint density at radius 1 is 1.25 bits per heavy atom. The highest BCUT2D eigenvalue weighted by Gasteiger charge is 2.09. The SMILES string of the molecule is Cc1cc(Oc2cc(Cl)ccc2CC(C)N)ccc1Br. The summed E-state index contributed by atoms with van der Waals surface area (Å²) in [5, 5.41) is 0.655. The second-order valence-corrected chi connectivity index (χ2v) is 6.24. The molecule has 0 aliphatic carbocycles. The van der Waals surface area contributed by atoms with Gasteiger partial charge in [0.25, 0.3) is 0 Å². The average molecular weight is 355 g/mol. The van der Waals surface area contributed by atoms with Gasteiger partial charge in [-0.1, -0.05) is 33.6 Å². The molecule has 2 N–H and O–H groups in total. The zero-order valence-electron chi connectivity index (χ0n) is 11.5. The number of benzene rings is 2. The van der Waals surface area contributed by atoms with E-state index < -0.39 is 0 Å². The Morgan fingerprint density at radius 2 is 2.00 bits per heavy atom. The summed E-state index contributed by atoms with van der Waals surface area (Å²) in [6.45, 7) is 4.00. The van der Waals surface area contributed by atoms with Gasteiger partial charge in [-0.15, -0.1) is 0 Å². The third kappa shape index (κ3) is 3.98. The van der Waals surface area contributed by atoms with Crippen LogP contribution in [0.3, 0.4) is 0 Å². The lowest BCUT2D eigenvalue weighted by Gasteiger charge is -2.14. The number of halogens is 2. The van der Waals surface area contributed by atoms with E-state index in [9.17, 15) is 0 Å². The molecular formula is C16H17BrClNO. The van der Waals surface area contributed by atoms with Gasteiger partial charge >= 0.3 is 0 Å². The van der Waals surface area contributed by atoms with Crippen molar-refractivity contribution in [2.45, 2.75) is 26.3 Å². The van der Waals surface area contributed by atoms with Crippen LogP contribution in [0.1, 0.15) is 18.1 Å². The van der Waals surface area contributed by atoms with Crippen molar-refractivity contribution in [3.8, 4) is 11.5 Å². The van der Waals surface area contributed by atoms with E-state index in [4.69, 9.17) is 22.1 Å².